The summed E-state index contributed by atoms with van der Waals surface area (Å²) in [7, 11) is -8.49. The molecule has 1 amide bonds. The summed E-state index contributed by atoms with van der Waals surface area (Å²) >= 11 is 0. The Kier molecular flexibility index (Phi) is 10.2. The fraction of sp³-hybridized carbons (Fsp3) is 0.0870. The van der Waals surface area contributed by atoms with Crippen LogP contribution in [0, 0.1) is 20.2 Å². The van der Waals surface area contributed by atoms with Crippen LogP contribution in [0.5, 0.6) is 11.5 Å². The summed E-state index contributed by atoms with van der Waals surface area (Å²) in [5.41, 5.74) is -2.98. The molecule has 0 saturated heterocycles. The molecular formula is C23H20N11O13S2+. The molecule has 256 valence electrons. The smallest absolute Gasteiger partial charge is 0.397 e. The molecule has 4 N–H and O–H groups in total. The number of rotatable bonds is 10. The fourth-order valence-electron chi connectivity index (χ4n) is 3.94. The van der Waals surface area contributed by atoms with Crippen LogP contribution in [-0.2, 0) is 20.2 Å². The van der Waals surface area contributed by atoms with E-state index in [4.69, 9.17) is 9.47 Å². The number of ether oxygens (including phenoxy) is 2. The van der Waals surface area contributed by atoms with Crippen LogP contribution < -0.4 is 19.6 Å². The van der Waals surface area contributed by atoms with Crippen molar-refractivity contribution in [2.45, 2.75) is 9.79 Å². The van der Waals surface area contributed by atoms with Crippen LogP contribution in [-0.4, -0.2) is 91.5 Å². The number of H-pyrrole nitrogens is 1. The summed E-state index contributed by atoms with van der Waals surface area (Å²) in [5, 5.41) is 45.8. The molecule has 5 rings (SSSR count). The maximum absolute atomic E-state index is 13.1. The van der Waals surface area contributed by atoms with Crippen molar-refractivity contribution in [1.82, 2.24) is 35.6 Å². The Labute approximate surface area is 272 Å². The van der Waals surface area contributed by atoms with Crippen molar-refractivity contribution in [3.63, 3.8) is 0 Å². The lowest BCUT2D eigenvalue weighted by molar-refractivity contribution is -0.735. The fourth-order valence-corrected chi connectivity index (χ4v) is 5.26. The van der Waals surface area contributed by atoms with Crippen molar-refractivity contribution < 1.29 is 54.9 Å². The highest BCUT2D eigenvalue weighted by molar-refractivity contribution is 7.86. The number of aromatic amines is 1. The third-order valence-electron chi connectivity index (χ3n) is 5.96. The molecule has 26 heteroatoms. The Morgan fingerprint density at radius 1 is 0.918 bits per heavy atom. The summed E-state index contributed by atoms with van der Waals surface area (Å²) in [6.07, 6.45) is 1.33. The van der Waals surface area contributed by atoms with Gasteiger partial charge < -0.3 is 14.8 Å². The second-order valence-electron chi connectivity index (χ2n) is 8.93. The molecular weight excluding hydrogens is 702 g/mol. The van der Waals surface area contributed by atoms with E-state index < -0.39 is 85.9 Å². The Balaban J connectivity index is 0.000000989. The highest BCUT2D eigenvalue weighted by Gasteiger charge is 2.37. The number of anilines is 1. The number of amides is 1. The van der Waals surface area contributed by atoms with E-state index in [0.29, 0.717) is 33.9 Å². The third-order valence-corrected chi connectivity index (χ3v) is 7.73. The first kappa shape index (κ1) is 35.3. The molecule has 0 bridgehead atoms. The van der Waals surface area contributed by atoms with Gasteiger partial charge in [0.05, 0.1) is 41.3 Å². The molecule has 2 aromatic heterocycles. The molecule has 0 unspecified atom stereocenters. The summed E-state index contributed by atoms with van der Waals surface area (Å²) in [6, 6.07) is 10.2. The lowest BCUT2D eigenvalue weighted by Crippen LogP contribution is -2.44. The van der Waals surface area contributed by atoms with Crippen LogP contribution in [0.2, 0.25) is 0 Å². The minimum Gasteiger partial charge on any atom is -0.494 e. The van der Waals surface area contributed by atoms with E-state index >= 15 is 0 Å². The van der Waals surface area contributed by atoms with Crippen LogP contribution in [0.4, 0.5) is 17.1 Å². The van der Waals surface area contributed by atoms with Crippen LogP contribution in [0.3, 0.4) is 0 Å². The van der Waals surface area contributed by atoms with Gasteiger partial charge in [0.1, 0.15) is 0 Å². The van der Waals surface area contributed by atoms with Gasteiger partial charge in [0.25, 0.3) is 11.4 Å². The van der Waals surface area contributed by atoms with Gasteiger partial charge in [-0.3, -0.25) is 34.1 Å². The Bertz CT molecular complexity index is 2130. The number of benzene rings is 3. The first-order chi connectivity index (χ1) is 23.1. The van der Waals surface area contributed by atoms with Crippen molar-refractivity contribution in [3.05, 3.63) is 87.0 Å². The summed E-state index contributed by atoms with van der Waals surface area (Å²) in [4.78, 5) is 32.8. The first-order valence-electron chi connectivity index (χ1n) is 12.7. The number of tetrazole rings is 2. The molecule has 2 heterocycles. The van der Waals surface area contributed by atoms with E-state index in [0.717, 1.165) is 14.2 Å². The number of nitro benzene ring substituents is 2. The van der Waals surface area contributed by atoms with Gasteiger partial charge in [-0.15, -0.1) is 10.2 Å². The molecule has 0 aliphatic heterocycles. The van der Waals surface area contributed by atoms with Gasteiger partial charge in [0.2, 0.25) is 5.69 Å². The number of hydrogen-bond acceptors (Lipinski definition) is 16. The van der Waals surface area contributed by atoms with Gasteiger partial charge in [-0.2, -0.15) is 22.0 Å². The van der Waals surface area contributed by atoms with E-state index in [9.17, 15) is 51.0 Å². The molecule has 0 atom stereocenters. The molecule has 0 spiro atoms. The standard InChI is InChI=1S/C22H17N7O13S2.CH2N4/c1-41-17-8-15(28(31)32)19(43(35,36)37)10-13(17)26-24-21(22(30)23-12-6-4-3-5-7-12)25-27(26)14-11-20(44(38,39)40)16(29(33)34)9-18(14)42-2;1-2-4-5-3-1/h3-11H,1-2H3,(H2-,23,30,35,36,37,38,39,40);1H,(H,2,3,4,5)/p+1. The van der Waals surface area contributed by atoms with Gasteiger partial charge in [0, 0.05) is 27.7 Å². The zero-order valence-electron chi connectivity index (χ0n) is 24.5. The van der Waals surface area contributed by atoms with E-state index in [1.807, 2.05) is 0 Å². The van der Waals surface area contributed by atoms with Crippen LogP contribution in [0.1, 0.15) is 10.6 Å². The molecule has 0 aliphatic carbocycles. The van der Waals surface area contributed by atoms with Gasteiger partial charge in [-0.05, 0) is 16.9 Å². The minimum absolute atomic E-state index is 0.281. The number of methoxy groups -OCH3 is 2. The summed E-state index contributed by atoms with van der Waals surface area (Å²) < 4.78 is 78.1. The van der Waals surface area contributed by atoms with Gasteiger partial charge in [0.15, 0.2) is 33.3 Å². The molecule has 49 heavy (non-hydrogen) atoms. The molecule has 0 fully saturated rings. The van der Waals surface area contributed by atoms with Crippen molar-refractivity contribution in [2.75, 3.05) is 19.5 Å². The van der Waals surface area contributed by atoms with Crippen LogP contribution in [0.15, 0.2) is 70.7 Å². The average Bonchev–Trinajstić information content (AvgIpc) is 3.77. The highest BCUT2D eigenvalue weighted by Crippen LogP contribution is 2.35. The monoisotopic (exact) mass is 722 g/mol. The topological polar surface area (TPSA) is 332 Å². The molecule has 3 aromatic carbocycles. The van der Waals surface area contributed by atoms with Crippen molar-refractivity contribution in [3.8, 4) is 22.9 Å². The number of hydrogen-bond donors (Lipinski definition) is 4. The molecule has 5 aromatic rings. The Morgan fingerprint density at radius 2 is 1.49 bits per heavy atom. The van der Waals surface area contributed by atoms with Gasteiger partial charge in [-0.1, -0.05) is 23.4 Å². The third kappa shape index (κ3) is 7.90. The lowest BCUT2D eigenvalue weighted by atomic mass is 10.2. The minimum atomic E-state index is -5.28. The van der Waals surface area contributed by atoms with E-state index in [1.165, 1.54) is 18.5 Å². The normalized spacial score (nSPS) is 11.2. The van der Waals surface area contributed by atoms with E-state index in [-0.39, 0.29) is 5.69 Å². The SMILES string of the molecule is COc1cc([N+](=O)[O-])c(S(=O)(=O)O)cc1-n1nc(C(=O)Nc2ccccc2)n[n+]1-c1cc(S(=O)(=O)O)c([N+](=O)[O-])cc1OC.c1nn[nH]n1. The van der Waals surface area contributed by atoms with E-state index in [2.05, 4.69) is 36.1 Å². The van der Waals surface area contributed by atoms with Crippen molar-refractivity contribution in [1.29, 1.82) is 0 Å². The Hall–Kier alpha value is -6.51. The second-order valence-corrected chi connectivity index (χ2v) is 11.7. The van der Waals surface area contributed by atoms with Crippen LogP contribution in [0.25, 0.3) is 11.4 Å². The lowest BCUT2D eigenvalue weighted by Gasteiger charge is -2.10. The van der Waals surface area contributed by atoms with Gasteiger partial charge >= 0.3 is 32.0 Å². The number of para-hydroxylation sites is 1. The number of carbonyl (C=O) groups is 1. The zero-order chi connectivity index (χ0) is 36.1. The first-order valence-corrected chi connectivity index (χ1v) is 15.6. The number of nitrogens with one attached hydrogen (secondary N) is 2. The quantitative estimate of drug-likeness (QED) is 0.0652. The highest BCUT2D eigenvalue weighted by atomic mass is 32.2. The average molecular weight is 723 g/mol. The van der Waals surface area contributed by atoms with Crippen LogP contribution >= 0.6 is 0 Å². The molecule has 0 radical (unpaired) electrons. The van der Waals surface area contributed by atoms with Crippen molar-refractivity contribution >= 4 is 43.2 Å². The predicted octanol–water partition coefficient (Wildman–Crippen LogP) is 0.323. The van der Waals surface area contributed by atoms with Crippen molar-refractivity contribution in [2.24, 2.45) is 0 Å². The largest absolute Gasteiger partial charge is 0.494 e. The van der Waals surface area contributed by atoms with E-state index in [1.54, 1.807) is 18.2 Å². The number of carbonyl (C=O) groups excluding carboxylic acids is 1. The number of nitro groups is 2. The summed E-state index contributed by atoms with van der Waals surface area (Å²) in [5.74, 6) is -2.59. The summed E-state index contributed by atoms with van der Waals surface area (Å²) in [6.45, 7) is 0. The Morgan fingerprint density at radius 3 is 1.96 bits per heavy atom. The zero-order valence-corrected chi connectivity index (χ0v) is 26.1. The number of aromatic nitrogens is 8. The number of nitrogens with zero attached hydrogens (tertiary/aromatic N) is 9. The predicted molar refractivity (Wildman–Crippen MR) is 158 cm³/mol. The molecule has 0 saturated carbocycles. The molecule has 24 nitrogen and oxygen atoms in total. The maximum atomic E-state index is 13.1. The van der Waals surface area contributed by atoms with Gasteiger partial charge in [-0.25, -0.2) is 0 Å². The second kappa shape index (κ2) is 14.1. The maximum Gasteiger partial charge on any atom is 0.397 e. The molecule has 0 aliphatic rings.